The van der Waals surface area contributed by atoms with Crippen molar-refractivity contribution < 1.29 is 91.4 Å². The lowest BCUT2D eigenvalue weighted by Crippen LogP contribution is -2.36. The first-order chi connectivity index (χ1) is 51.6. The topological polar surface area (TPSA) is 195 Å². The minimum atomic E-state index is -4.76. The number of benzene rings is 2. The second-order valence-corrected chi connectivity index (χ2v) is 33.7. The number of pyridine rings is 2. The Kier molecular flexibility index (Phi) is 23.5. The third-order valence-corrected chi connectivity index (χ3v) is 22.5. The zero-order chi connectivity index (χ0) is 79.3. The summed E-state index contributed by atoms with van der Waals surface area (Å²) in [5.41, 5.74) is -3.14. The highest BCUT2D eigenvalue weighted by Crippen LogP contribution is 2.57. The first-order valence-corrected chi connectivity index (χ1v) is 38.0. The summed E-state index contributed by atoms with van der Waals surface area (Å²) in [5.74, 6) is -9.30. The number of alkyl halides is 12. The number of esters is 2. The van der Waals surface area contributed by atoms with Crippen molar-refractivity contribution in [3.63, 3.8) is 0 Å². The normalized spacial score (nSPS) is 21.4. The number of carbonyl (C=O) groups is 2. The fourth-order valence-corrected chi connectivity index (χ4v) is 16.7. The largest absolute Gasteiger partial charge is 0.490 e. The van der Waals surface area contributed by atoms with Gasteiger partial charge in [-0.25, -0.2) is 55.9 Å². The molecule has 0 spiro atoms. The highest BCUT2D eigenvalue weighted by atomic mass is 19.4. The molecule has 2 aromatic carbocycles. The van der Waals surface area contributed by atoms with Crippen LogP contribution < -0.4 is 19.3 Å². The number of ether oxygens (including phenoxy) is 4. The molecule has 12 rings (SSSR count). The lowest BCUT2D eigenvalue weighted by Gasteiger charge is -2.42. The summed E-state index contributed by atoms with van der Waals surface area (Å²) in [6, 6.07) is 7.26. The maximum absolute atomic E-state index is 18.4. The number of hydrogen-bond acceptors (Lipinski definition) is 16. The Hall–Kier alpha value is -8.14. The first-order valence-electron chi connectivity index (χ1n) is 38.0. The summed E-state index contributed by atoms with van der Waals surface area (Å²) in [7, 11) is 0. The minimum absolute atomic E-state index is 0.00821. The van der Waals surface area contributed by atoms with Crippen molar-refractivity contribution in [2.75, 3.05) is 49.2 Å². The number of nitrogens with zero attached hydrogens (tertiary/aromatic N) is 8. The first kappa shape index (κ1) is 81.4. The number of halogens is 12. The quantitative estimate of drug-likeness (QED) is 0.0370. The molecule has 110 heavy (non-hydrogen) atoms. The highest BCUT2D eigenvalue weighted by molar-refractivity contribution is 5.92. The molecule has 2 saturated heterocycles. The van der Waals surface area contributed by atoms with Crippen LogP contribution in [0.2, 0.25) is 0 Å². The summed E-state index contributed by atoms with van der Waals surface area (Å²) in [6.45, 7) is 16.1. The van der Waals surface area contributed by atoms with Crippen molar-refractivity contribution in [1.29, 1.82) is 0 Å². The van der Waals surface area contributed by atoms with Gasteiger partial charge >= 0.3 is 24.3 Å². The fraction of sp³-hybridized carbons (Fsp3) is 0.585. The van der Waals surface area contributed by atoms with Crippen molar-refractivity contribution in [2.45, 2.75) is 255 Å². The molecule has 0 amide bonds. The predicted molar refractivity (Wildman–Crippen MR) is 386 cm³/mol. The monoisotopic (exact) mass is 1550 g/mol. The third kappa shape index (κ3) is 19.7. The van der Waals surface area contributed by atoms with Crippen LogP contribution in [0.15, 0.2) is 85.5 Å². The molecule has 6 aliphatic rings. The van der Waals surface area contributed by atoms with E-state index in [4.69, 9.17) is 28.9 Å². The van der Waals surface area contributed by atoms with Crippen LogP contribution in [-0.2, 0) is 44.3 Å². The van der Waals surface area contributed by atoms with Gasteiger partial charge in [-0.2, -0.15) is 26.3 Å². The summed E-state index contributed by atoms with van der Waals surface area (Å²) < 4.78 is 207. The van der Waals surface area contributed by atoms with Gasteiger partial charge in [-0.05, 0) is 174 Å². The Bertz CT molecular complexity index is 3970. The molecule has 4 fully saturated rings. The molecule has 2 unspecified atom stereocenters. The van der Waals surface area contributed by atoms with Gasteiger partial charge in [-0.3, -0.25) is 9.97 Å². The third-order valence-electron chi connectivity index (χ3n) is 22.5. The van der Waals surface area contributed by atoms with E-state index < -0.39 is 143 Å². The molecule has 0 bridgehead atoms. The molecule has 2 saturated carbocycles. The molecule has 0 radical (unpaired) electrons. The Balaban J connectivity index is 0.876. The maximum atomic E-state index is 18.4. The molecule has 6 aromatic rings. The number of carbonyl (C=O) groups excluding carboxylic acids is 2. The minimum Gasteiger partial charge on any atom is -0.490 e. The van der Waals surface area contributed by atoms with Crippen molar-refractivity contribution in [3.05, 3.63) is 164 Å². The van der Waals surface area contributed by atoms with Crippen LogP contribution in [0.25, 0.3) is 0 Å². The number of anilines is 2. The molecule has 28 heteroatoms. The molecule has 6 heterocycles. The molecular weight excluding hydrogens is 1450 g/mol. The molecule has 4 aliphatic carbocycles. The summed E-state index contributed by atoms with van der Waals surface area (Å²) >= 11 is 0. The summed E-state index contributed by atoms with van der Waals surface area (Å²) in [4.78, 5) is 62.0. The van der Waals surface area contributed by atoms with Crippen molar-refractivity contribution in [2.24, 2.45) is 10.8 Å². The van der Waals surface area contributed by atoms with E-state index in [9.17, 15) is 46.1 Å². The average molecular weight is 1550 g/mol. The van der Waals surface area contributed by atoms with Gasteiger partial charge in [0.1, 0.15) is 12.2 Å². The molecule has 16 nitrogen and oxygen atoms in total. The molecule has 4 aromatic heterocycles. The lowest BCUT2D eigenvalue weighted by atomic mass is 9.68. The van der Waals surface area contributed by atoms with Gasteiger partial charge in [0.25, 0.3) is 0 Å². The second-order valence-electron chi connectivity index (χ2n) is 33.7. The van der Waals surface area contributed by atoms with Crippen LogP contribution in [-0.4, -0.2) is 114 Å². The standard InChI is InChI=1S/C82H96F12N8O8/c1-75(2)39-57-65(63(47-19-27-79(85,86)28-20-47)67(69(83)49-9-13-53(14-10-49)81(89,90)91)71(99-57)51-23-33-101(34-24-51)73-95-43-55(44-96-73)107-37-31-77(5,6)105)59(41-75)109-61(103)17-18-62(104)110-60-42-76(3,4)40-58-66(60)64(48-21-29-80(87,88)30-22-48)68(70(84)50-11-15-54(16-12-50)82(92,93)94)72(100-58)52-25-35-102(36-26-52)74-97-45-56(46-98-74)108-38-32-78(7,8)106/h9-18,43-48,51-52,59-60,69-70,105-106H,19-42H2,1-8H3/b18-17-/t59-,60-,69?,70?/m0/s1. The van der Waals surface area contributed by atoms with E-state index in [0.717, 1.165) is 60.7 Å². The number of aromatic nitrogens is 6. The van der Waals surface area contributed by atoms with E-state index in [2.05, 4.69) is 19.9 Å². The van der Waals surface area contributed by atoms with E-state index in [0.29, 0.717) is 111 Å². The Morgan fingerprint density at radius 1 is 0.500 bits per heavy atom. The zero-order valence-corrected chi connectivity index (χ0v) is 63.1. The Labute approximate surface area is 632 Å². The number of hydrogen-bond donors (Lipinski definition) is 2. The van der Waals surface area contributed by atoms with Gasteiger partial charge in [0.15, 0.2) is 23.8 Å². The number of piperidine rings is 2. The summed E-state index contributed by atoms with van der Waals surface area (Å²) in [5, 5.41) is 20.3. The molecular formula is C82H96F12N8O8. The second kappa shape index (κ2) is 31.8. The smallest absolute Gasteiger partial charge is 0.416 e. The SMILES string of the molecule is CC(C)(O)CCOc1cnc(N2CCC(c3nc4c(c(C5CCC(F)(F)CC5)c3C(F)c3ccc(C(F)(F)F)cc3)[C@@H](OC(=O)/C=C\C(=O)O[C@H]3CC(C)(C)Cc5nc(C6CCN(c7ncc(OCCC(C)(C)O)cn7)CC6)c(C(F)c6ccc(C(F)(F)F)cc6)c(C6CCC(F)(F)CC6)c53)CC(C)(C)C4)CC2)nc1. The number of fused-ring (bicyclic) bond motifs is 2. The molecule has 596 valence electrons. The maximum Gasteiger partial charge on any atom is 0.416 e. The Morgan fingerprint density at radius 3 is 1.12 bits per heavy atom. The van der Waals surface area contributed by atoms with Crippen LogP contribution in [0.5, 0.6) is 11.5 Å². The van der Waals surface area contributed by atoms with E-state index in [1.165, 1.54) is 24.8 Å². The van der Waals surface area contributed by atoms with Crippen LogP contribution >= 0.6 is 0 Å². The summed E-state index contributed by atoms with van der Waals surface area (Å²) in [6.07, 6.45) is -8.63. The van der Waals surface area contributed by atoms with Gasteiger partial charge in [0, 0.05) is 122 Å². The molecule has 2 aliphatic heterocycles. The van der Waals surface area contributed by atoms with E-state index in [-0.39, 0.29) is 109 Å². The zero-order valence-electron chi connectivity index (χ0n) is 63.1. The van der Waals surface area contributed by atoms with E-state index in [1.54, 1.807) is 27.7 Å². The average Bonchev–Trinajstić information content (AvgIpc) is 0.732. The van der Waals surface area contributed by atoms with Crippen molar-refractivity contribution >= 4 is 23.8 Å². The van der Waals surface area contributed by atoms with Gasteiger partial charge < -0.3 is 39.0 Å². The van der Waals surface area contributed by atoms with Gasteiger partial charge in [-0.1, -0.05) is 52.0 Å². The number of rotatable bonds is 22. The Morgan fingerprint density at radius 2 is 0.818 bits per heavy atom. The van der Waals surface area contributed by atoms with Crippen LogP contribution in [0.3, 0.4) is 0 Å². The van der Waals surface area contributed by atoms with Crippen molar-refractivity contribution in [3.8, 4) is 11.5 Å². The van der Waals surface area contributed by atoms with Crippen LogP contribution in [0.4, 0.5) is 64.6 Å². The van der Waals surface area contributed by atoms with Crippen LogP contribution in [0.1, 0.15) is 285 Å². The van der Waals surface area contributed by atoms with Crippen LogP contribution in [0, 0.1) is 10.8 Å². The highest BCUT2D eigenvalue weighted by Gasteiger charge is 2.49. The fourth-order valence-electron chi connectivity index (χ4n) is 16.7. The van der Waals surface area contributed by atoms with Gasteiger partial charge in [0.2, 0.25) is 23.7 Å². The molecule has 2 N–H and O–H groups in total. The van der Waals surface area contributed by atoms with Crippen molar-refractivity contribution in [1.82, 2.24) is 29.9 Å². The molecule has 4 atom stereocenters. The lowest BCUT2D eigenvalue weighted by molar-refractivity contribution is -0.148. The van der Waals surface area contributed by atoms with E-state index in [1.807, 2.05) is 37.5 Å². The van der Waals surface area contributed by atoms with E-state index >= 15 is 26.3 Å². The number of aliphatic hydroxyl groups is 2. The van der Waals surface area contributed by atoms with Gasteiger partial charge in [0.05, 0.1) is 71.7 Å². The predicted octanol–water partition coefficient (Wildman–Crippen LogP) is 19.0. The van der Waals surface area contributed by atoms with Gasteiger partial charge in [-0.15, -0.1) is 0 Å².